The number of hydrogen-bond acceptors (Lipinski definition) is 5. The molecule has 3 aromatic rings. The van der Waals surface area contributed by atoms with Crippen LogP contribution in [-0.4, -0.2) is 26.4 Å². The van der Waals surface area contributed by atoms with Gasteiger partial charge in [0, 0.05) is 12.6 Å². The fourth-order valence-corrected chi connectivity index (χ4v) is 4.27. The zero-order valence-electron chi connectivity index (χ0n) is 15.7. The van der Waals surface area contributed by atoms with E-state index in [4.69, 9.17) is 27.9 Å². The predicted molar refractivity (Wildman–Crippen MR) is 116 cm³/mol. The lowest BCUT2D eigenvalue weighted by molar-refractivity contribution is 0.0947. The highest BCUT2D eigenvalue weighted by atomic mass is 35.5. The van der Waals surface area contributed by atoms with Crippen LogP contribution in [0.25, 0.3) is 0 Å². The molecule has 0 radical (unpaired) electrons. The van der Waals surface area contributed by atoms with Gasteiger partial charge in [-0.2, -0.15) is 0 Å². The van der Waals surface area contributed by atoms with E-state index >= 15 is 0 Å². The maximum absolute atomic E-state index is 12.9. The van der Waals surface area contributed by atoms with Crippen molar-refractivity contribution in [2.24, 2.45) is 0 Å². The molecule has 0 aliphatic carbocycles. The Bertz CT molecular complexity index is 1190. The van der Waals surface area contributed by atoms with Crippen molar-refractivity contribution < 1.29 is 17.9 Å². The van der Waals surface area contributed by atoms with Gasteiger partial charge >= 0.3 is 0 Å². The molecule has 3 rings (SSSR count). The van der Waals surface area contributed by atoms with E-state index in [0.717, 1.165) is 0 Å². The molecule has 1 heterocycles. The van der Waals surface area contributed by atoms with Gasteiger partial charge in [0.25, 0.3) is 15.9 Å². The zero-order valence-corrected chi connectivity index (χ0v) is 18.1. The van der Waals surface area contributed by atoms with E-state index in [1.807, 2.05) is 0 Å². The highest BCUT2D eigenvalue weighted by Gasteiger charge is 2.22. The number of pyridine rings is 1. The first-order valence-corrected chi connectivity index (χ1v) is 10.9. The Balaban J connectivity index is 1.83. The highest BCUT2D eigenvalue weighted by molar-refractivity contribution is 7.92. The Morgan fingerprint density at radius 3 is 2.63 bits per heavy atom. The molecular weight excluding hydrogens is 449 g/mol. The summed E-state index contributed by atoms with van der Waals surface area (Å²) in [7, 11) is -2.62. The van der Waals surface area contributed by atoms with Crippen LogP contribution in [0.2, 0.25) is 10.0 Å². The summed E-state index contributed by atoms with van der Waals surface area (Å²) in [4.78, 5) is 16.5. The molecule has 0 fully saturated rings. The second-order valence-corrected chi connectivity index (χ2v) is 8.55. The molecule has 0 saturated heterocycles. The van der Waals surface area contributed by atoms with Gasteiger partial charge in [-0.1, -0.05) is 47.5 Å². The highest BCUT2D eigenvalue weighted by Crippen LogP contribution is 2.26. The number of sulfonamides is 1. The molecule has 0 saturated carbocycles. The van der Waals surface area contributed by atoms with Gasteiger partial charge in [0.15, 0.2) is 0 Å². The van der Waals surface area contributed by atoms with Crippen molar-refractivity contribution in [1.29, 1.82) is 0 Å². The van der Waals surface area contributed by atoms with E-state index in [1.165, 1.54) is 43.8 Å². The monoisotopic (exact) mass is 465 g/mol. The standard InChI is InChI=1S/C20H17Cl2N3O4S/c1-29-15-9-14(11-23-12-15)25-30(27,28)18-8-3-2-6-16(18)20(26)24-10-13-5-4-7-17(21)19(13)22/h2-9,11-12,25H,10H2,1H3,(H,24,26). The molecule has 0 aliphatic rings. The zero-order chi connectivity index (χ0) is 21.7. The van der Waals surface area contributed by atoms with E-state index in [9.17, 15) is 13.2 Å². The van der Waals surface area contributed by atoms with Gasteiger partial charge in [0.05, 0.1) is 40.8 Å². The van der Waals surface area contributed by atoms with E-state index in [1.54, 1.807) is 24.3 Å². The van der Waals surface area contributed by atoms with Crippen LogP contribution >= 0.6 is 23.2 Å². The Morgan fingerprint density at radius 2 is 1.87 bits per heavy atom. The number of nitrogens with zero attached hydrogens (tertiary/aromatic N) is 1. The van der Waals surface area contributed by atoms with Crippen LogP contribution < -0.4 is 14.8 Å². The lowest BCUT2D eigenvalue weighted by Crippen LogP contribution is -2.26. The largest absolute Gasteiger partial charge is 0.495 e. The summed E-state index contributed by atoms with van der Waals surface area (Å²) >= 11 is 12.1. The molecule has 0 atom stereocenters. The van der Waals surface area contributed by atoms with Gasteiger partial charge in [-0.25, -0.2) is 8.42 Å². The molecule has 2 aromatic carbocycles. The summed E-state index contributed by atoms with van der Waals surface area (Å²) in [6.07, 6.45) is 2.78. The predicted octanol–water partition coefficient (Wildman–Crippen LogP) is 4.13. The smallest absolute Gasteiger partial charge is 0.262 e. The van der Waals surface area contributed by atoms with Crippen molar-refractivity contribution in [3.8, 4) is 5.75 Å². The first-order chi connectivity index (χ1) is 14.3. The lowest BCUT2D eigenvalue weighted by atomic mass is 10.2. The number of carbonyl (C=O) groups excluding carboxylic acids is 1. The molecule has 0 spiro atoms. The number of nitrogens with one attached hydrogen (secondary N) is 2. The molecule has 0 unspecified atom stereocenters. The SMILES string of the molecule is COc1cncc(NS(=O)(=O)c2ccccc2C(=O)NCc2cccc(Cl)c2Cl)c1. The third-order valence-corrected chi connectivity index (χ3v) is 6.39. The van der Waals surface area contributed by atoms with Gasteiger partial charge in [-0.15, -0.1) is 0 Å². The molecule has 156 valence electrons. The minimum absolute atomic E-state index is 0.0148. The second kappa shape index (κ2) is 9.34. The molecule has 0 aliphatic heterocycles. The van der Waals surface area contributed by atoms with Crippen molar-refractivity contribution in [1.82, 2.24) is 10.3 Å². The quantitative estimate of drug-likeness (QED) is 0.546. The molecule has 10 heteroatoms. The van der Waals surface area contributed by atoms with Crippen LogP contribution in [0.4, 0.5) is 5.69 Å². The van der Waals surface area contributed by atoms with Crippen LogP contribution in [0.3, 0.4) is 0 Å². The van der Waals surface area contributed by atoms with Gasteiger partial charge in [0.1, 0.15) is 10.6 Å². The number of rotatable bonds is 7. The van der Waals surface area contributed by atoms with Crippen molar-refractivity contribution in [2.75, 3.05) is 11.8 Å². The van der Waals surface area contributed by atoms with Crippen molar-refractivity contribution in [3.05, 3.63) is 82.1 Å². The number of anilines is 1. The summed E-state index contributed by atoms with van der Waals surface area (Å²) in [6.45, 7) is 0.0832. The maximum atomic E-state index is 12.9. The molecular formula is C20H17Cl2N3O4S. The van der Waals surface area contributed by atoms with E-state index in [0.29, 0.717) is 21.4 Å². The molecule has 7 nitrogen and oxygen atoms in total. The van der Waals surface area contributed by atoms with Gasteiger partial charge < -0.3 is 10.1 Å². The summed E-state index contributed by atoms with van der Waals surface area (Å²) in [5.41, 5.74) is 0.799. The van der Waals surface area contributed by atoms with E-state index in [-0.39, 0.29) is 22.7 Å². The number of hydrogen-bond donors (Lipinski definition) is 2. The summed E-state index contributed by atoms with van der Waals surface area (Å²) in [5, 5.41) is 3.36. The Labute approximate surface area is 184 Å². The van der Waals surface area contributed by atoms with Crippen LogP contribution in [0.15, 0.2) is 65.8 Å². The van der Waals surface area contributed by atoms with E-state index in [2.05, 4.69) is 15.0 Å². The average molecular weight is 466 g/mol. The first-order valence-electron chi connectivity index (χ1n) is 8.64. The normalized spacial score (nSPS) is 11.0. The van der Waals surface area contributed by atoms with Crippen LogP contribution in [0.1, 0.15) is 15.9 Å². The first kappa shape index (κ1) is 21.9. The molecule has 2 N–H and O–H groups in total. The molecule has 0 bridgehead atoms. The molecule has 1 aromatic heterocycles. The van der Waals surface area contributed by atoms with Gasteiger partial charge in [-0.3, -0.25) is 14.5 Å². The minimum Gasteiger partial charge on any atom is -0.495 e. The van der Waals surface area contributed by atoms with Crippen molar-refractivity contribution in [3.63, 3.8) is 0 Å². The van der Waals surface area contributed by atoms with Crippen LogP contribution in [0, 0.1) is 0 Å². The van der Waals surface area contributed by atoms with Gasteiger partial charge in [-0.05, 0) is 23.8 Å². The van der Waals surface area contributed by atoms with E-state index < -0.39 is 15.9 Å². The fraction of sp³-hybridized carbons (Fsp3) is 0.100. The summed E-state index contributed by atoms with van der Waals surface area (Å²) in [6, 6.07) is 12.4. The number of aromatic nitrogens is 1. The van der Waals surface area contributed by atoms with Gasteiger partial charge in [0.2, 0.25) is 0 Å². The van der Waals surface area contributed by atoms with Crippen molar-refractivity contribution >= 4 is 44.8 Å². The molecule has 30 heavy (non-hydrogen) atoms. The van der Waals surface area contributed by atoms with Crippen molar-refractivity contribution in [2.45, 2.75) is 11.4 Å². The maximum Gasteiger partial charge on any atom is 0.262 e. The minimum atomic E-state index is -4.07. The van der Waals surface area contributed by atoms with Crippen LogP contribution in [0.5, 0.6) is 5.75 Å². The number of carbonyl (C=O) groups is 1. The van der Waals surface area contributed by atoms with Crippen LogP contribution in [-0.2, 0) is 16.6 Å². The lowest BCUT2D eigenvalue weighted by Gasteiger charge is -2.13. The number of amides is 1. The third kappa shape index (κ3) is 5.02. The number of ether oxygens (including phenoxy) is 1. The topological polar surface area (TPSA) is 97.4 Å². The summed E-state index contributed by atoms with van der Waals surface area (Å²) in [5.74, 6) is -0.185. The second-order valence-electron chi connectivity index (χ2n) is 6.11. The molecule has 1 amide bonds. The Kier molecular flexibility index (Phi) is 6.81. The summed E-state index contributed by atoms with van der Waals surface area (Å²) < 4.78 is 33.3. The number of halogens is 2. The fourth-order valence-electron chi connectivity index (χ4n) is 2.64. The Hall–Kier alpha value is -2.81. The number of methoxy groups -OCH3 is 1. The third-order valence-electron chi connectivity index (χ3n) is 4.09. The Morgan fingerprint density at radius 1 is 1.10 bits per heavy atom. The number of benzene rings is 2. The average Bonchev–Trinajstić information content (AvgIpc) is 2.74.